The van der Waals surface area contributed by atoms with Crippen LogP contribution in [0.15, 0.2) is 0 Å². The number of aliphatic hydroxyl groups excluding tert-OH is 2. The van der Waals surface area contributed by atoms with Gasteiger partial charge in [-0.05, 0) is 0 Å². The second kappa shape index (κ2) is 6.91. The molecule has 0 amide bonds. The van der Waals surface area contributed by atoms with Crippen LogP contribution in [0.3, 0.4) is 0 Å². The Morgan fingerprint density at radius 1 is 1.00 bits per heavy atom. The number of esters is 1. The number of rotatable bonds is 9. The van der Waals surface area contributed by atoms with Gasteiger partial charge < -0.3 is 20.1 Å². The van der Waals surface area contributed by atoms with Crippen LogP contribution in [-0.4, -0.2) is 64.8 Å². The van der Waals surface area contributed by atoms with E-state index in [1.807, 2.05) is 0 Å². The molecule has 0 unspecified atom stereocenters. The Morgan fingerprint density at radius 2 is 1.43 bits per heavy atom. The fraction of sp³-hybridized carbons (Fsp3) is 0.818. The molecule has 0 saturated carbocycles. The van der Waals surface area contributed by atoms with Gasteiger partial charge in [0.05, 0.1) is 19.6 Å². The van der Waals surface area contributed by atoms with Crippen LogP contribution in [0.2, 0.25) is 0 Å². The second-order valence-corrected chi connectivity index (χ2v) is 5.17. The lowest BCUT2D eigenvalue weighted by molar-refractivity contribution is -0.246. The molecule has 0 bridgehead atoms. The standard InChI is InChI=1S/C11H14F6O6/c1-8(3-18,4-19)5-23-7(22)9(12,13)2-10(14,15)11(16,17)6(20)21/h18-19H,2-5H2,1H3,(H,20,21). The van der Waals surface area contributed by atoms with Crippen molar-refractivity contribution < 1.29 is 56.0 Å². The summed E-state index contributed by atoms with van der Waals surface area (Å²) in [5.74, 6) is -22.6. The zero-order valence-corrected chi connectivity index (χ0v) is 11.7. The number of aliphatic carboxylic acids is 1. The largest absolute Gasteiger partial charge is 0.477 e. The smallest absolute Gasteiger partial charge is 0.404 e. The number of aliphatic hydroxyl groups is 2. The Labute approximate surface area is 125 Å². The van der Waals surface area contributed by atoms with E-state index in [1.54, 1.807) is 0 Å². The first kappa shape index (κ1) is 21.4. The minimum Gasteiger partial charge on any atom is -0.477 e. The molecule has 6 nitrogen and oxygen atoms in total. The van der Waals surface area contributed by atoms with Gasteiger partial charge in [0.25, 0.3) is 0 Å². The highest BCUT2D eigenvalue weighted by molar-refractivity contribution is 5.79. The molecule has 0 saturated heterocycles. The van der Waals surface area contributed by atoms with Gasteiger partial charge in [0.2, 0.25) is 0 Å². The van der Waals surface area contributed by atoms with Crippen LogP contribution in [-0.2, 0) is 14.3 Å². The third-order valence-electron chi connectivity index (χ3n) is 2.79. The Bertz CT molecular complexity index is 448. The molecule has 0 aromatic rings. The van der Waals surface area contributed by atoms with Crippen molar-refractivity contribution in [3.8, 4) is 0 Å². The summed E-state index contributed by atoms with van der Waals surface area (Å²) in [6.07, 6.45) is -3.09. The summed E-state index contributed by atoms with van der Waals surface area (Å²) in [6.45, 7) is -1.52. The molecule has 0 aliphatic carbocycles. The van der Waals surface area contributed by atoms with Crippen LogP contribution in [0.5, 0.6) is 0 Å². The first-order valence-electron chi connectivity index (χ1n) is 5.91. The molecule has 0 atom stereocenters. The first-order valence-corrected chi connectivity index (χ1v) is 5.91. The van der Waals surface area contributed by atoms with Crippen molar-refractivity contribution in [1.29, 1.82) is 0 Å². The molecule has 0 fully saturated rings. The summed E-state index contributed by atoms with van der Waals surface area (Å²) in [7, 11) is 0. The number of hydrogen-bond donors (Lipinski definition) is 3. The lowest BCUT2D eigenvalue weighted by atomic mass is 9.94. The summed E-state index contributed by atoms with van der Waals surface area (Å²) in [6, 6.07) is 0. The van der Waals surface area contributed by atoms with Gasteiger partial charge in [-0.15, -0.1) is 0 Å². The van der Waals surface area contributed by atoms with Crippen LogP contribution in [0.25, 0.3) is 0 Å². The molecule has 0 aliphatic rings. The highest BCUT2D eigenvalue weighted by atomic mass is 19.3. The topological polar surface area (TPSA) is 104 Å². The molecule has 0 spiro atoms. The molecule has 12 heteroatoms. The summed E-state index contributed by atoms with van der Waals surface area (Å²) >= 11 is 0. The summed E-state index contributed by atoms with van der Waals surface area (Å²) in [4.78, 5) is 21.1. The van der Waals surface area contributed by atoms with Crippen LogP contribution in [0.4, 0.5) is 26.3 Å². The minimum atomic E-state index is -5.82. The molecule has 136 valence electrons. The molecule has 0 rings (SSSR count). The van der Waals surface area contributed by atoms with E-state index in [2.05, 4.69) is 4.74 Å². The van der Waals surface area contributed by atoms with Gasteiger partial charge in [-0.3, -0.25) is 0 Å². The number of carboxylic acids is 1. The van der Waals surface area contributed by atoms with E-state index < -0.39 is 61.4 Å². The highest BCUT2D eigenvalue weighted by Gasteiger charge is 2.67. The lowest BCUT2D eigenvalue weighted by Gasteiger charge is -2.28. The van der Waals surface area contributed by atoms with E-state index in [4.69, 9.17) is 15.3 Å². The van der Waals surface area contributed by atoms with E-state index in [0.29, 0.717) is 0 Å². The van der Waals surface area contributed by atoms with Crippen molar-refractivity contribution >= 4 is 11.9 Å². The Balaban J connectivity index is 5.06. The summed E-state index contributed by atoms with van der Waals surface area (Å²) < 4.78 is 81.9. The molecule has 0 aliphatic heterocycles. The second-order valence-electron chi connectivity index (χ2n) is 5.17. The highest BCUT2D eigenvalue weighted by Crippen LogP contribution is 2.42. The lowest BCUT2D eigenvalue weighted by Crippen LogP contribution is -2.51. The van der Waals surface area contributed by atoms with E-state index in [9.17, 15) is 35.9 Å². The number of carboxylic acid groups (broad SMARTS) is 1. The SMILES string of the molecule is CC(CO)(CO)COC(=O)C(F)(F)CC(F)(F)C(F)(F)C(=O)O. The van der Waals surface area contributed by atoms with E-state index in [0.717, 1.165) is 6.92 Å². The number of halogens is 6. The molecule has 0 heterocycles. The van der Waals surface area contributed by atoms with Crippen molar-refractivity contribution in [2.45, 2.75) is 31.1 Å². The number of carbonyl (C=O) groups is 2. The van der Waals surface area contributed by atoms with Crippen LogP contribution in [0, 0.1) is 5.41 Å². The number of hydrogen-bond acceptors (Lipinski definition) is 5. The van der Waals surface area contributed by atoms with Gasteiger partial charge in [-0.1, -0.05) is 6.92 Å². The van der Waals surface area contributed by atoms with Gasteiger partial charge >= 0.3 is 29.7 Å². The Kier molecular flexibility index (Phi) is 6.44. The molecule has 23 heavy (non-hydrogen) atoms. The Hall–Kier alpha value is -1.56. The van der Waals surface area contributed by atoms with E-state index in [1.165, 1.54) is 0 Å². The van der Waals surface area contributed by atoms with Crippen molar-refractivity contribution in [1.82, 2.24) is 0 Å². The molecule has 0 radical (unpaired) electrons. The normalized spacial score (nSPS) is 13.8. The van der Waals surface area contributed by atoms with Gasteiger partial charge in [-0.25, -0.2) is 9.59 Å². The summed E-state index contributed by atoms with van der Waals surface area (Å²) in [5, 5.41) is 25.6. The van der Waals surface area contributed by atoms with Crippen LogP contribution < -0.4 is 0 Å². The number of alkyl halides is 6. The third kappa shape index (κ3) is 4.96. The first-order chi connectivity index (χ1) is 10.1. The maximum Gasteiger partial charge on any atom is 0.404 e. The maximum absolute atomic E-state index is 13.3. The fourth-order valence-electron chi connectivity index (χ4n) is 1.11. The molecule has 0 aromatic carbocycles. The van der Waals surface area contributed by atoms with Crippen LogP contribution in [0.1, 0.15) is 13.3 Å². The van der Waals surface area contributed by atoms with Gasteiger partial charge in [0.1, 0.15) is 6.61 Å². The quantitative estimate of drug-likeness (QED) is 0.419. The predicted octanol–water partition coefficient (Wildman–Crippen LogP) is 0.901. The predicted molar refractivity (Wildman–Crippen MR) is 60.3 cm³/mol. The zero-order chi connectivity index (χ0) is 18.7. The number of ether oxygens (including phenoxy) is 1. The van der Waals surface area contributed by atoms with Crippen molar-refractivity contribution in [3.05, 3.63) is 0 Å². The molecule has 0 aromatic heterocycles. The van der Waals surface area contributed by atoms with Crippen molar-refractivity contribution in [2.24, 2.45) is 5.41 Å². The monoisotopic (exact) mass is 356 g/mol. The zero-order valence-electron chi connectivity index (χ0n) is 11.7. The fourth-order valence-corrected chi connectivity index (χ4v) is 1.11. The Morgan fingerprint density at radius 3 is 1.78 bits per heavy atom. The molecular formula is C11H14F6O6. The van der Waals surface area contributed by atoms with Crippen molar-refractivity contribution in [3.63, 3.8) is 0 Å². The summed E-state index contributed by atoms with van der Waals surface area (Å²) in [5.41, 5.74) is -1.56. The average molecular weight is 356 g/mol. The average Bonchev–Trinajstić information content (AvgIpc) is 2.42. The van der Waals surface area contributed by atoms with E-state index in [-0.39, 0.29) is 0 Å². The molecular weight excluding hydrogens is 342 g/mol. The minimum absolute atomic E-state index is 0.810. The number of carbonyl (C=O) groups excluding carboxylic acids is 1. The van der Waals surface area contributed by atoms with Gasteiger partial charge in [-0.2, -0.15) is 26.3 Å². The van der Waals surface area contributed by atoms with Crippen molar-refractivity contribution in [2.75, 3.05) is 19.8 Å². The van der Waals surface area contributed by atoms with E-state index >= 15 is 0 Å². The maximum atomic E-state index is 13.3. The molecule has 3 N–H and O–H groups in total. The van der Waals surface area contributed by atoms with Gasteiger partial charge in [0, 0.05) is 5.41 Å². The third-order valence-corrected chi connectivity index (χ3v) is 2.79. The van der Waals surface area contributed by atoms with Gasteiger partial charge in [0.15, 0.2) is 0 Å². The van der Waals surface area contributed by atoms with Crippen LogP contribution >= 0.6 is 0 Å².